The third-order valence-corrected chi connectivity index (χ3v) is 5.36. The van der Waals surface area contributed by atoms with E-state index in [0.29, 0.717) is 18.5 Å². The summed E-state index contributed by atoms with van der Waals surface area (Å²) >= 11 is 0. The van der Waals surface area contributed by atoms with Crippen LogP contribution in [0.25, 0.3) is 10.9 Å². The summed E-state index contributed by atoms with van der Waals surface area (Å²) in [5.41, 5.74) is 3.87. The van der Waals surface area contributed by atoms with E-state index in [9.17, 15) is 9.59 Å². The molecule has 0 aliphatic carbocycles. The molecule has 5 heteroatoms. The van der Waals surface area contributed by atoms with Crippen molar-refractivity contribution in [2.45, 2.75) is 32.7 Å². The standard InChI is InChI=1S/C23H25N3O2/c1-17-15-18-7-2-3-10-21(18)25(17)14-6-12-24-23(28)19-8-4-9-20(16-19)26-13-5-11-22(26)27/h2-4,7-10,15-16H,5-6,11-14H2,1H3,(H,24,28). The van der Waals surface area contributed by atoms with Gasteiger partial charge in [-0.15, -0.1) is 0 Å². The summed E-state index contributed by atoms with van der Waals surface area (Å²) in [5, 5.41) is 4.25. The zero-order chi connectivity index (χ0) is 19.5. The lowest BCUT2D eigenvalue weighted by molar-refractivity contribution is -0.117. The Kier molecular flexibility index (Phi) is 5.15. The summed E-state index contributed by atoms with van der Waals surface area (Å²) in [5.74, 6) is 0.0365. The molecule has 5 nitrogen and oxygen atoms in total. The number of para-hydroxylation sites is 1. The summed E-state index contributed by atoms with van der Waals surface area (Å²) in [6, 6.07) is 17.9. The lowest BCUT2D eigenvalue weighted by atomic mass is 10.1. The average molecular weight is 375 g/mol. The Bertz CT molecular complexity index is 1020. The predicted molar refractivity (Wildman–Crippen MR) is 112 cm³/mol. The smallest absolute Gasteiger partial charge is 0.251 e. The Hall–Kier alpha value is -3.08. The predicted octanol–water partition coefficient (Wildman–Crippen LogP) is 3.90. The summed E-state index contributed by atoms with van der Waals surface area (Å²) in [7, 11) is 0. The van der Waals surface area contributed by atoms with Crippen LogP contribution in [0.1, 0.15) is 35.3 Å². The van der Waals surface area contributed by atoms with Crippen LogP contribution in [0, 0.1) is 6.92 Å². The van der Waals surface area contributed by atoms with Crippen LogP contribution in [-0.4, -0.2) is 29.5 Å². The topological polar surface area (TPSA) is 54.3 Å². The van der Waals surface area contributed by atoms with E-state index >= 15 is 0 Å². The molecule has 0 unspecified atom stereocenters. The van der Waals surface area contributed by atoms with Crippen LogP contribution in [0.15, 0.2) is 54.6 Å². The van der Waals surface area contributed by atoms with Gasteiger partial charge < -0.3 is 14.8 Å². The molecule has 0 saturated carbocycles. The molecule has 28 heavy (non-hydrogen) atoms. The van der Waals surface area contributed by atoms with Crippen LogP contribution >= 0.6 is 0 Å². The molecule has 2 amide bonds. The number of fused-ring (bicyclic) bond motifs is 1. The number of hydrogen-bond acceptors (Lipinski definition) is 2. The van der Waals surface area contributed by atoms with Crippen LogP contribution in [0.2, 0.25) is 0 Å². The van der Waals surface area contributed by atoms with Gasteiger partial charge in [-0.05, 0) is 55.5 Å². The Labute approximate surface area is 165 Å². The number of nitrogens with zero attached hydrogens (tertiary/aromatic N) is 2. The number of rotatable bonds is 6. The summed E-state index contributed by atoms with van der Waals surface area (Å²) in [6.07, 6.45) is 2.32. The van der Waals surface area contributed by atoms with Gasteiger partial charge in [0, 0.05) is 48.5 Å². The first-order chi connectivity index (χ1) is 13.6. The molecule has 2 aromatic carbocycles. The van der Waals surface area contributed by atoms with E-state index in [-0.39, 0.29) is 11.8 Å². The van der Waals surface area contributed by atoms with Crippen molar-refractivity contribution in [3.05, 3.63) is 65.9 Å². The van der Waals surface area contributed by atoms with Gasteiger partial charge in [0.1, 0.15) is 0 Å². The number of aryl methyl sites for hydroxylation is 2. The Balaban J connectivity index is 1.35. The zero-order valence-electron chi connectivity index (χ0n) is 16.1. The molecule has 0 bridgehead atoms. The highest BCUT2D eigenvalue weighted by Crippen LogP contribution is 2.22. The van der Waals surface area contributed by atoms with Crippen molar-refractivity contribution in [2.75, 3.05) is 18.0 Å². The second-order valence-electron chi connectivity index (χ2n) is 7.30. The fraction of sp³-hybridized carbons (Fsp3) is 0.304. The average Bonchev–Trinajstić information content (AvgIpc) is 3.27. The van der Waals surface area contributed by atoms with Gasteiger partial charge in [-0.1, -0.05) is 24.3 Å². The lowest BCUT2D eigenvalue weighted by Gasteiger charge is -2.16. The number of amides is 2. The highest BCUT2D eigenvalue weighted by molar-refractivity contribution is 5.99. The van der Waals surface area contributed by atoms with Crippen molar-refractivity contribution < 1.29 is 9.59 Å². The first kappa shape index (κ1) is 18.3. The van der Waals surface area contributed by atoms with Gasteiger partial charge in [0.2, 0.25) is 5.91 Å². The van der Waals surface area contributed by atoms with Gasteiger partial charge >= 0.3 is 0 Å². The number of nitrogens with one attached hydrogen (secondary N) is 1. The molecule has 1 saturated heterocycles. The Morgan fingerprint density at radius 3 is 2.79 bits per heavy atom. The molecule has 4 rings (SSSR count). The number of carbonyl (C=O) groups excluding carboxylic acids is 2. The second-order valence-corrected chi connectivity index (χ2v) is 7.30. The van der Waals surface area contributed by atoms with Crippen LogP contribution in [0.5, 0.6) is 0 Å². The molecule has 2 heterocycles. The molecule has 0 radical (unpaired) electrons. The van der Waals surface area contributed by atoms with Gasteiger partial charge in [-0.3, -0.25) is 9.59 Å². The highest BCUT2D eigenvalue weighted by atomic mass is 16.2. The third kappa shape index (κ3) is 3.65. The number of hydrogen-bond donors (Lipinski definition) is 1. The van der Waals surface area contributed by atoms with Gasteiger partial charge in [0.25, 0.3) is 5.91 Å². The largest absolute Gasteiger partial charge is 0.352 e. The monoisotopic (exact) mass is 375 g/mol. The van der Waals surface area contributed by atoms with E-state index in [1.165, 1.54) is 16.6 Å². The molecular formula is C23H25N3O2. The maximum Gasteiger partial charge on any atom is 0.251 e. The maximum absolute atomic E-state index is 12.5. The molecule has 144 valence electrons. The molecule has 1 fully saturated rings. The quantitative estimate of drug-likeness (QED) is 0.665. The number of anilines is 1. The van der Waals surface area contributed by atoms with Gasteiger partial charge in [-0.25, -0.2) is 0 Å². The van der Waals surface area contributed by atoms with Gasteiger partial charge in [-0.2, -0.15) is 0 Å². The summed E-state index contributed by atoms with van der Waals surface area (Å²) in [6.45, 7) is 4.32. The Morgan fingerprint density at radius 2 is 1.96 bits per heavy atom. The van der Waals surface area contributed by atoms with E-state index in [2.05, 4.69) is 47.1 Å². The van der Waals surface area contributed by atoms with Crippen LogP contribution < -0.4 is 10.2 Å². The van der Waals surface area contributed by atoms with Crippen molar-refractivity contribution in [3.63, 3.8) is 0 Å². The molecule has 0 spiro atoms. The third-order valence-electron chi connectivity index (χ3n) is 5.36. The van der Waals surface area contributed by atoms with E-state index in [1.54, 1.807) is 11.0 Å². The minimum absolute atomic E-state index is 0.0948. The van der Waals surface area contributed by atoms with Crippen molar-refractivity contribution in [1.29, 1.82) is 0 Å². The SMILES string of the molecule is Cc1cc2ccccc2n1CCCNC(=O)c1cccc(N2CCCC2=O)c1. The van der Waals surface area contributed by atoms with Crippen LogP contribution in [0.3, 0.4) is 0 Å². The number of benzene rings is 2. The minimum atomic E-state index is -0.0948. The van der Waals surface area contributed by atoms with E-state index in [0.717, 1.165) is 31.6 Å². The molecule has 0 atom stereocenters. The van der Waals surface area contributed by atoms with Crippen LogP contribution in [0.4, 0.5) is 5.69 Å². The number of carbonyl (C=O) groups is 2. The Morgan fingerprint density at radius 1 is 1.11 bits per heavy atom. The summed E-state index contributed by atoms with van der Waals surface area (Å²) in [4.78, 5) is 26.2. The van der Waals surface area contributed by atoms with Crippen LogP contribution in [-0.2, 0) is 11.3 Å². The van der Waals surface area contributed by atoms with Gasteiger partial charge in [0.05, 0.1) is 0 Å². The molecular weight excluding hydrogens is 350 g/mol. The first-order valence-electron chi connectivity index (χ1n) is 9.87. The molecule has 1 aromatic heterocycles. The van der Waals surface area contributed by atoms with E-state index in [1.807, 2.05) is 18.2 Å². The minimum Gasteiger partial charge on any atom is -0.352 e. The fourth-order valence-electron chi connectivity index (χ4n) is 3.92. The number of aromatic nitrogens is 1. The van der Waals surface area contributed by atoms with Crippen molar-refractivity contribution in [2.24, 2.45) is 0 Å². The lowest BCUT2D eigenvalue weighted by Crippen LogP contribution is -2.27. The van der Waals surface area contributed by atoms with Gasteiger partial charge in [0.15, 0.2) is 0 Å². The molecule has 1 N–H and O–H groups in total. The first-order valence-corrected chi connectivity index (χ1v) is 9.87. The zero-order valence-corrected chi connectivity index (χ0v) is 16.1. The summed E-state index contributed by atoms with van der Waals surface area (Å²) < 4.78 is 2.29. The van der Waals surface area contributed by atoms with Crippen molar-refractivity contribution in [3.8, 4) is 0 Å². The van der Waals surface area contributed by atoms with Crippen molar-refractivity contribution in [1.82, 2.24) is 9.88 Å². The molecule has 3 aromatic rings. The fourth-order valence-corrected chi connectivity index (χ4v) is 3.92. The maximum atomic E-state index is 12.5. The van der Waals surface area contributed by atoms with E-state index in [4.69, 9.17) is 0 Å². The highest BCUT2D eigenvalue weighted by Gasteiger charge is 2.22. The van der Waals surface area contributed by atoms with E-state index < -0.39 is 0 Å². The molecule has 1 aliphatic rings. The molecule has 1 aliphatic heterocycles. The van der Waals surface area contributed by atoms with Crippen molar-refractivity contribution >= 4 is 28.4 Å². The normalized spacial score (nSPS) is 14.0. The second kappa shape index (κ2) is 7.89.